The van der Waals surface area contributed by atoms with Crippen molar-refractivity contribution >= 4 is 22.9 Å². The number of hydrogen-bond donors (Lipinski definition) is 2. The number of halogens is 1. The van der Waals surface area contributed by atoms with Crippen molar-refractivity contribution in [3.05, 3.63) is 58.2 Å². The number of carbonyl (C=O) groups excluding carboxylic acids is 1. The number of aryl methyl sites for hydroxylation is 1. The van der Waals surface area contributed by atoms with E-state index in [0.717, 1.165) is 34.6 Å². The lowest BCUT2D eigenvalue weighted by molar-refractivity contribution is -0.115. The molecule has 0 aliphatic rings. The third kappa shape index (κ3) is 3.48. The van der Waals surface area contributed by atoms with Crippen LogP contribution >= 0.6 is 11.3 Å². The number of thiophene rings is 1. The highest BCUT2D eigenvalue weighted by Crippen LogP contribution is 2.30. The first kappa shape index (κ1) is 15.4. The van der Waals surface area contributed by atoms with Gasteiger partial charge in [-0.05, 0) is 35.6 Å². The van der Waals surface area contributed by atoms with Gasteiger partial charge in [0, 0.05) is 10.9 Å². The van der Waals surface area contributed by atoms with E-state index >= 15 is 0 Å². The monoisotopic (exact) mass is 329 g/mol. The van der Waals surface area contributed by atoms with E-state index in [9.17, 15) is 9.18 Å². The molecule has 0 aliphatic carbocycles. The van der Waals surface area contributed by atoms with E-state index in [0.29, 0.717) is 0 Å². The van der Waals surface area contributed by atoms with E-state index in [1.165, 1.54) is 12.1 Å². The summed E-state index contributed by atoms with van der Waals surface area (Å²) in [6.45, 7) is 2.00. The number of carbonyl (C=O) groups is 1. The molecule has 3 rings (SSSR count). The van der Waals surface area contributed by atoms with Gasteiger partial charge in [-0.15, -0.1) is 0 Å². The zero-order valence-electron chi connectivity index (χ0n) is 12.6. The Morgan fingerprint density at radius 1 is 1.30 bits per heavy atom. The fourth-order valence-electron chi connectivity index (χ4n) is 2.35. The van der Waals surface area contributed by atoms with Gasteiger partial charge in [0.05, 0.1) is 17.8 Å². The average Bonchev–Trinajstić information content (AvgIpc) is 3.18. The molecular formula is C17H16FN3OS. The maximum atomic E-state index is 12.9. The van der Waals surface area contributed by atoms with Crippen LogP contribution in [0.15, 0.2) is 41.1 Å². The van der Waals surface area contributed by atoms with Gasteiger partial charge in [0.2, 0.25) is 5.91 Å². The molecule has 2 heterocycles. The second kappa shape index (κ2) is 6.75. The first-order chi connectivity index (χ1) is 11.2. The molecule has 3 aromatic rings. The van der Waals surface area contributed by atoms with Gasteiger partial charge in [-0.1, -0.05) is 19.1 Å². The smallest absolute Gasteiger partial charge is 0.228 e. The maximum Gasteiger partial charge on any atom is 0.228 e. The summed E-state index contributed by atoms with van der Waals surface area (Å²) < 4.78 is 12.9. The van der Waals surface area contributed by atoms with Crippen LogP contribution in [0.25, 0.3) is 11.3 Å². The minimum absolute atomic E-state index is 0.149. The molecule has 0 radical (unpaired) electrons. The summed E-state index contributed by atoms with van der Waals surface area (Å²) >= 11 is 1.58. The Kier molecular flexibility index (Phi) is 4.52. The predicted molar refractivity (Wildman–Crippen MR) is 90.0 cm³/mol. The number of rotatable bonds is 5. The third-order valence-electron chi connectivity index (χ3n) is 3.53. The van der Waals surface area contributed by atoms with Crippen molar-refractivity contribution in [2.24, 2.45) is 0 Å². The number of amides is 1. The molecule has 4 nitrogen and oxygen atoms in total. The molecular weight excluding hydrogens is 313 g/mol. The lowest BCUT2D eigenvalue weighted by Crippen LogP contribution is -2.15. The van der Waals surface area contributed by atoms with Gasteiger partial charge in [-0.3, -0.25) is 9.89 Å². The third-order valence-corrected chi connectivity index (χ3v) is 4.22. The molecule has 0 saturated carbocycles. The first-order valence-corrected chi connectivity index (χ1v) is 8.25. The number of nitrogens with one attached hydrogen (secondary N) is 2. The average molecular weight is 329 g/mol. The minimum atomic E-state index is -0.308. The lowest BCUT2D eigenvalue weighted by Gasteiger charge is -2.07. The summed E-state index contributed by atoms with van der Waals surface area (Å²) in [6.07, 6.45) is 0.932. The highest BCUT2D eigenvalue weighted by Gasteiger charge is 2.16. The zero-order chi connectivity index (χ0) is 16.2. The van der Waals surface area contributed by atoms with E-state index in [2.05, 4.69) is 15.5 Å². The van der Waals surface area contributed by atoms with Crippen LogP contribution in [0.5, 0.6) is 0 Å². The molecule has 0 saturated heterocycles. The normalized spacial score (nSPS) is 10.7. The van der Waals surface area contributed by atoms with E-state index in [1.807, 2.05) is 23.8 Å². The van der Waals surface area contributed by atoms with Crippen LogP contribution in [0.3, 0.4) is 0 Å². The van der Waals surface area contributed by atoms with Crippen LogP contribution in [-0.4, -0.2) is 16.1 Å². The number of nitrogens with zero attached hydrogens (tertiary/aromatic N) is 1. The summed E-state index contributed by atoms with van der Waals surface area (Å²) in [4.78, 5) is 12.3. The van der Waals surface area contributed by atoms with E-state index in [1.54, 1.807) is 23.5 Å². The Bertz CT molecular complexity index is 794. The number of aromatic amines is 1. The summed E-state index contributed by atoms with van der Waals surface area (Å²) in [5.41, 5.74) is 4.10. The van der Waals surface area contributed by atoms with Gasteiger partial charge in [-0.25, -0.2) is 4.39 Å². The molecule has 0 spiro atoms. The topological polar surface area (TPSA) is 57.8 Å². The van der Waals surface area contributed by atoms with Crippen molar-refractivity contribution in [3.8, 4) is 11.3 Å². The van der Waals surface area contributed by atoms with Crippen LogP contribution in [0.2, 0.25) is 0 Å². The second-order valence-electron chi connectivity index (χ2n) is 5.14. The first-order valence-electron chi connectivity index (χ1n) is 7.31. The van der Waals surface area contributed by atoms with Gasteiger partial charge in [0.1, 0.15) is 11.5 Å². The van der Waals surface area contributed by atoms with Gasteiger partial charge in [0.25, 0.3) is 0 Å². The van der Waals surface area contributed by atoms with Crippen molar-refractivity contribution in [3.63, 3.8) is 0 Å². The molecule has 0 unspecified atom stereocenters. The Morgan fingerprint density at radius 2 is 2.09 bits per heavy atom. The van der Waals surface area contributed by atoms with Crippen molar-refractivity contribution in [2.75, 3.05) is 5.32 Å². The Morgan fingerprint density at radius 3 is 2.74 bits per heavy atom. The molecule has 2 aromatic heterocycles. The van der Waals surface area contributed by atoms with Gasteiger partial charge >= 0.3 is 0 Å². The molecule has 6 heteroatoms. The SMILES string of the molecule is CCc1[nH]nc(-c2ccsc2)c1NC(=O)Cc1ccc(F)cc1. The summed E-state index contributed by atoms with van der Waals surface area (Å²) in [6, 6.07) is 7.91. The summed E-state index contributed by atoms with van der Waals surface area (Å²) in [5.74, 6) is -0.457. The number of anilines is 1. The van der Waals surface area contributed by atoms with Crippen LogP contribution in [0.4, 0.5) is 10.1 Å². The van der Waals surface area contributed by atoms with Crippen molar-refractivity contribution in [1.82, 2.24) is 10.2 Å². The van der Waals surface area contributed by atoms with Gasteiger partial charge in [0.15, 0.2) is 0 Å². The fraction of sp³-hybridized carbons (Fsp3) is 0.176. The second-order valence-corrected chi connectivity index (χ2v) is 5.92. The molecule has 0 fully saturated rings. The number of benzene rings is 1. The van der Waals surface area contributed by atoms with Crippen molar-refractivity contribution in [2.45, 2.75) is 19.8 Å². The molecule has 118 valence electrons. The zero-order valence-corrected chi connectivity index (χ0v) is 13.4. The molecule has 23 heavy (non-hydrogen) atoms. The van der Waals surface area contributed by atoms with Crippen LogP contribution in [0, 0.1) is 5.82 Å². The molecule has 2 N–H and O–H groups in total. The Labute approximate surface area is 137 Å². The van der Waals surface area contributed by atoms with E-state index in [-0.39, 0.29) is 18.1 Å². The van der Waals surface area contributed by atoms with Gasteiger partial charge in [-0.2, -0.15) is 16.4 Å². The maximum absolute atomic E-state index is 12.9. The highest BCUT2D eigenvalue weighted by atomic mass is 32.1. The van der Waals surface area contributed by atoms with Crippen LogP contribution in [0.1, 0.15) is 18.2 Å². The van der Waals surface area contributed by atoms with Gasteiger partial charge < -0.3 is 5.32 Å². The molecule has 1 amide bonds. The molecule has 0 aliphatic heterocycles. The Hall–Kier alpha value is -2.47. The standard InChI is InChI=1S/C17H16FN3OS/c1-2-14-17(16(21-20-14)12-7-8-23-10-12)19-15(22)9-11-3-5-13(18)6-4-11/h3-8,10H,2,9H2,1H3,(H,19,22)(H,20,21). The molecule has 0 bridgehead atoms. The van der Waals surface area contributed by atoms with Crippen molar-refractivity contribution < 1.29 is 9.18 Å². The number of aromatic nitrogens is 2. The lowest BCUT2D eigenvalue weighted by atomic mass is 10.1. The number of H-pyrrole nitrogens is 1. The van der Waals surface area contributed by atoms with E-state index < -0.39 is 0 Å². The van der Waals surface area contributed by atoms with Crippen LogP contribution < -0.4 is 5.32 Å². The summed E-state index contributed by atoms with van der Waals surface area (Å²) in [7, 11) is 0. The van der Waals surface area contributed by atoms with Crippen molar-refractivity contribution in [1.29, 1.82) is 0 Å². The predicted octanol–water partition coefficient (Wildman–Crippen LogP) is 4.02. The van der Waals surface area contributed by atoms with E-state index in [4.69, 9.17) is 0 Å². The summed E-state index contributed by atoms with van der Waals surface area (Å²) in [5, 5.41) is 14.2. The largest absolute Gasteiger partial charge is 0.322 e. The molecule has 1 aromatic carbocycles. The minimum Gasteiger partial charge on any atom is -0.322 e. The Balaban J connectivity index is 1.80. The number of hydrogen-bond acceptors (Lipinski definition) is 3. The molecule has 0 atom stereocenters. The van der Waals surface area contributed by atoms with Crippen LogP contribution in [-0.2, 0) is 17.6 Å². The quantitative estimate of drug-likeness (QED) is 0.743. The fourth-order valence-corrected chi connectivity index (χ4v) is 2.99. The highest BCUT2D eigenvalue weighted by molar-refractivity contribution is 7.08.